The molecule has 1 aromatic carbocycles. The Kier molecular flexibility index (Phi) is 6.78. The van der Waals surface area contributed by atoms with E-state index in [0.29, 0.717) is 18.1 Å². The first-order chi connectivity index (χ1) is 15.8. The molecule has 1 aliphatic carbocycles. The number of rotatable bonds is 7. The number of aromatic nitrogens is 2. The van der Waals surface area contributed by atoms with Gasteiger partial charge in [-0.25, -0.2) is 4.98 Å². The molecule has 9 heteroatoms. The van der Waals surface area contributed by atoms with Crippen molar-refractivity contribution in [3.63, 3.8) is 0 Å². The van der Waals surface area contributed by atoms with Crippen molar-refractivity contribution in [3.05, 3.63) is 40.3 Å². The molecule has 0 radical (unpaired) electrons. The maximum atomic E-state index is 13.0. The van der Waals surface area contributed by atoms with Crippen LogP contribution in [0.1, 0.15) is 54.0 Å². The fourth-order valence-corrected chi connectivity index (χ4v) is 5.01. The quantitative estimate of drug-likeness (QED) is 0.545. The highest BCUT2D eigenvalue weighted by atomic mass is 32.1. The highest BCUT2D eigenvalue weighted by Gasteiger charge is 2.25. The van der Waals surface area contributed by atoms with Crippen LogP contribution >= 0.6 is 11.3 Å². The number of carbonyl (C=O) groups is 3. The zero-order valence-corrected chi connectivity index (χ0v) is 19.8. The lowest BCUT2D eigenvalue weighted by Gasteiger charge is -2.26. The van der Waals surface area contributed by atoms with Gasteiger partial charge in [-0.1, -0.05) is 25.3 Å². The number of nitrogens with one attached hydrogen (secondary N) is 1. The number of fused-ring (bicyclic) bond motifs is 1. The molecule has 0 atom stereocenters. The second kappa shape index (κ2) is 9.74. The van der Waals surface area contributed by atoms with E-state index in [9.17, 15) is 14.4 Å². The third-order valence-electron chi connectivity index (χ3n) is 6.24. The van der Waals surface area contributed by atoms with Crippen LogP contribution in [0.2, 0.25) is 0 Å². The van der Waals surface area contributed by atoms with E-state index >= 15 is 0 Å². The summed E-state index contributed by atoms with van der Waals surface area (Å²) in [6, 6.07) is 7.63. The van der Waals surface area contributed by atoms with E-state index in [1.54, 1.807) is 10.3 Å². The molecule has 174 valence electrons. The molecular formula is C24H29N5O3S. The number of anilines is 2. The Labute approximate surface area is 196 Å². The molecule has 0 saturated heterocycles. The van der Waals surface area contributed by atoms with Crippen molar-refractivity contribution in [1.29, 1.82) is 0 Å². The van der Waals surface area contributed by atoms with Gasteiger partial charge in [0.1, 0.15) is 11.5 Å². The molecule has 3 N–H and O–H groups in total. The number of amides is 3. The Morgan fingerprint density at radius 2 is 1.97 bits per heavy atom. The zero-order chi connectivity index (χ0) is 23.5. The first-order valence-electron chi connectivity index (χ1n) is 11.3. The van der Waals surface area contributed by atoms with Gasteiger partial charge in [0.25, 0.3) is 5.91 Å². The summed E-state index contributed by atoms with van der Waals surface area (Å²) in [5.41, 5.74) is 7.35. The van der Waals surface area contributed by atoms with Crippen LogP contribution in [-0.4, -0.2) is 34.3 Å². The number of primary amides is 1. The maximum Gasteiger partial charge on any atom is 0.276 e. The lowest BCUT2D eigenvalue weighted by molar-refractivity contribution is -0.123. The number of benzene rings is 1. The van der Waals surface area contributed by atoms with E-state index in [-0.39, 0.29) is 24.2 Å². The van der Waals surface area contributed by atoms with Gasteiger partial charge in [0, 0.05) is 42.4 Å². The Hall–Kier alpha value is -3.20. The number of hydrogen-bond acceptors (Lipinski definition) is 5. The van der Waals surface area contributed by atoms with Gasteiger partial charge in [0.05, 0.1) is 10.5 Å². The third kappa shape index (κ3) is 5.08. The predicted octanol–water partition coefficient (Wildman–Crippen LogP) is 4.08. The molecule has 3 amide bonds. The van der Waals surface area contributed by atoms with Crippen molar-refractivity contribution in [2.24, 2.45) is 11.7 Å². The number of nitrogens with zero attached hydrogens (tertiary/aromatic N) is 3. The molecule has 8 nitrogen and oxygen atoms in total. The molecule has 3 aromatic rings. The van der Waals surface area contributed by atoms with Crippen LogP contribution in [0.25, 0.3) is 10.9 Å². The third-order valence-corrected chi connectivity index (χ3v) is 7.01. The second-order valence-electron chi connectivity index (χ2n) is 8.58. The summed E-state index contributed by atoms with van der Waals surface area (Å²) in [6.45, 7) is 2.16. The molecule has 2 heterocycles. The molecule has 33 heavy (non-hydrogen) atoms. The summed E-state index contributed by atoms with van der Waals surface area (Å²) in [5.74, 6) is 0.0202. The highest BCUT2D eigenvalue weighted by molar-refractivity contribution is 7.09. The normalized spacial score (nSPS) is 14.4. The van der Waals surface area contributed by atoms with Crippen molar-refractivity contribution in [2.75, 3.05) is 17.3 Å². The average molecular weight is 468 g/mol. The van der Waals surface area contributed by atoms with Crippen LogP contribution in [0, 0.1) is 12.8 Å². The van der Waals surface area contributed by atoms with Crippen molar-refractivity contribution in [3.8, 4) is 0 Å². The summed E-state index contributed by atoms with van der Waals surface area (Å²) in [7, 11) is 1.81. The Morgan fingerprint density at radius 1 is 1.21 bits per heavy atom. The lowest BCUT2D eigenvalue weighted by atomic mass is 9.88. The van der Waals surface area contributed by atoms with Crippen LogP contribution in [0.4, 0.5) is 11.5 Å². The Balaban J connectivity index is 1.65. The van der Waals surface area contributed by atoms with Crippen molar-refractivity contribution >= 4 is 51.5 Å². The number of nitrogens with two attached hydrogens (primary N) is 1. The second-order valence-corrected chi connectivity index (χ2v) is 9.64. The summed E-state index contributed by atoms with van der Waals surface area (Å²) in [5, 5.41) is 6.33. The van der Waals surface area contributed by atoms with Gasteiger partial charge >= 0.3 is 0 Å². The van der Waals surface area contributed by atoms with E-state index < -0.39 is 5.91 Å². The minimum Gasteiger partial charge on any atom is -0.370 e. The molecule has 1 fully saturated rings. The van der Waals surface area contributed by atoms with Gasteiger partial charge in [0.15, 0.2) is 0 Å². The van der Waals surface area contributed by atoms with Crippen LogP contribution in [0.5, 0.6) is 0 Å². The topological polar surface area (TPSA) is 110 Å². The van der Waals surface area contributed by atoms with Crippen LogP contribution in [0.3, 0.4) is 0 Å². The Morgan fingerprint density at radius 3 is 2.64 bits per heavy atom. The molecule has 1 saturated carbocycles. The summed E-state index contributed by atoms with van der Waals surface area (Å²) in [6.07, 6.45) is 5.40. The molecular weight excluding hydrogens is 438 g/mol. The summed E-state index contributed by atoms with van der Waals surface area (Å²) < 4.78 is 1.86. The molecule has 0 unspecified atom stereocenters. The van der Waals surface area contributed by atoms with E-state index in [1.807, 2.05) is 42.8 Å². The molecule has 0 bridgehead atoms. The summed E-state index contributed by atoms with van der Waals surface area (Å²) >= 11 is 1.41. The van der Waals surface area contributed by atoms with Crippen molar-refractivity contribution in [2.45, 2.75) is 52.0 Å². The zero-order valence-electron chi connectivity index (χ0n) is 19.0. The van der Waals surface area contributed by atoms with E-state index in [4.69, 9.17) is 5.73 Å². The van der Waals surface area contributed by atoms with Crippen LogP contribution in [-0.2, 0) is 16.1 Å². The smallest absolute Gasteiger partial charge is 0.276 e. The standard InChI is InChI=1S/C24H29N5O3S/c1-15-26-19(14-33-15)23(31)27-22-12-17-8-9-18(13-20(17)29(22)11-10-21(25)30)28(2)24(32)16-6-4-3-5-7-16/h8-9,12-14,16H,3-7,10-11H2,1-2H3,(H2,25,30)(H,27,31). The highest BCUT2D eigenvalue weighted by Crippen LogP contribution is 2.31. The van der Waals surface area contributed by atoms with E-state index in [0.717, 1.165) is 47.3 Å². The fraction of sp³-hybridized carbons (Fsp3) is 0.417. The van der Waals surface area contributed by atoms with E-state index in [1.165, 1.54) is 17.8 Å². The molecule has 1 aliphatic rings. The monoisotopic (exact) mass is 467 g/mol. The molecule has 0 spiro atoms. The SMILES string of the molecule is Cc1nc(C(=O)Nc2cc3ccc(N(C)C(=O)C4CCCCC4)cc3n2CCC(N)=O)cs1. The maximum absolute atomic E-state index is 13.0. The Bertz CT molecular complexity index is 1190. The van der Waals surface area contributed by atoms with Gasteiger partial charge in [-0.05, 0) is 38.0 Å². The predicted molar refractivity (Wildman–Crippen MR) is 131 cm³/mol. The number of hydrogen-bond donors (Lipinski definition) is 2. The van der Waals surface area contributed by atoms with Crippen LogP contribution in [0.15, 0.2) is 29.6 Å². The van der Waals surface area contributed by atoms with Gasteiger partial charge < -0.3 is 20.5 Å². The van der Waals surface area contributed by atoms with Crippen LogP contribution < -0.4 is 16.0 Å². The van der Waals surface area contributed by atoms with Gasteiger partial charge in [-0.2, -0.15) is 0 Å². The van der Waals surface area contributed by atoms with Crippen molar-refractivity contribution < 1.29 is 14.4 Å². The number of thiazole rings is 1. The van der Waals surface area contributed by atoms with E-state index in [2.05, 4.69) is 10.3 Å². The molecule has 0 aliphatic heterocycles. The minimum atomic E-state index is -0.426. The average Bonchev–Trinajstić information content (AvgIpc) is 3.39. The summed E-state index contributed by atoms with van der Waals surface area (Å²) in [4.78, 5) is 43.2. The van der Waals surface area contributed by atoms with Crippen molar-refractivity contribution in [1.82, 2.24) is 9.55 Å². The van der Waals surface area contributed by atoms with Gasteiger partial charge in [-0.3, -0.25) is 14.4 Å². The van der Waals surface area contributed by atoms with Gasteiger partial charge in [-0.15, -0.1) is 11.3 Å². The number of carbonyl (C=O) groups excluding carboxylic acids is 3. The molecule has 2 aromatic heterocycles. The largest absolute Gasteiger partial charge is 0.370 e. The first kappa shape index (κ1) is 23.0. The fourth-order valence-electron chi connectivity index (χ4n) is 4.42. The lowest BCUT2D eigenvalue weighted by Crippen LogP contribution is -2.33. The minimum absolute atomic E-state index is 0.0671. The van der Waals surface area contributed by atoms with Gasteiger partial charge in [0.2, 0.25) is 11.8 Å². The number of aryl methyl sites for hydroxylation is 2. The first-order valence-corrected chi connectivity index (χ1v) is 12.1. The molecule has 4 rings (SSSR count).